The third-order valence-corrected chi connectivity index (χ3v) is 2.44. The molecule has 0 aliphatic rings. The lowest BCUT2D eigenvalue weighted by Gasteiger charge is -2.06. The summed E-state index contributed by atoms with van der Waals surface area (Å²) >= 11 is 0. The predicted molar refractivity (Wildman–Crippen MR) is 70.5 cm³/mol. The molecular formula is C12H9N5O4. The van der Waals surface area contributed by atoms with Gasteiger partial charge in [-0.1, -0.05) is 12.1 Å². The van der Waals surface area contributed by atoms with E-state index in [0.29, 0.717) is 0 Å². The first-order valence-electron chi connectivity index (χ1n) is 5.71. The molecule has 2 aromatic rings. The van der Waals surface area contributed by atoms with Crippen LogP contribution in [0.2, 0.25) is 0 Å². The van der Waals surface area contributed by atoms with Gasteiger partial charge in [0.05, 0.1) is 11.1 Å². The SMILES string of the molecule is N#Cc1cn[nH]c1NC(=O)COc1ccccc1[N+](=O)[O-]. The molecule has 9 nitrogen and oxygen atoms in total. The van der Waals surface area contributed by atoms with Gasteiger partial charge in [0.15, 0.2) is 12.4 Å². The highest BCUT2D eigenvalue weighted by molar-refractivity contribution is 5.92. The minimum Gasteiger partial charge on any atom is -0.477 e. The van der Waals surface area contributed by atoms with Gasteiger partial charge in [-0.25, -0.2) is 0 Å². The molecule has 0 aliphatic heterocycles. The van der Waals surface area contributed by atoms with Gasteiger partial charge in [0, 0.05) is 6.07 Å². The zero-order valence-electron chi connectivity index (χ0n) is 10.6. The molecule has 2 rings (SSSR count). The summed E-state index contributed by atoms with van der Waals surface area (Å²) in [5.41, 5.74) is -0.0569. The summed E-state index contributed by atoms with van der Waals surface area (Å²) in [4.78, 5) is 21.9. The van der Waals surface area contributed by atoms with Crippen molar-refractivity contribution in [1.82, 2.24) is 10.2 Å². The summed E-state index contributed by atoms with van der Waals surface area (Å²) in [7, 11) is 0. The maximum Gasteiger partial charge on any atom is 0.310 e. The Hall–Kier alpha value is -3.41. The molecular weight excluding hydrogens is 278 g/mol. The summed E-state index contributed by atoms with van der Waals surface area (Å²) in [5, 5.41) is 28.0. The number of nitro groups is 1. The second-order valence-corrected chi connectivity index (χ2v) is 3.83. The molecule has 106 valence electrons. The van der Waals surface area contributed by atoms with Crippen molar-refractivity contribution in [3.05, 3.63) is 46.1 Å². The first-order chi connectivity index (χ1) is 10.1. The van der Waals surface area contributed by atoms with Crippen LogP contribution in [0.5, 0.6) is 5.75 Å². The average Bonchev–Trinajstić information content (AvgIpc) is 2.92. The highest BCUT2D eigenvalue weighted by Gasteiger charge is 2.15. The fourth-order valence-corrected chi connectivity index (χ4v) is 1.52. The second-order valence-electron chi connectivity index (χ2n) is 3.83. The maximum absolute atomic E-state index is 11.7. The van der Waals surface area contributed by atoms with Gasteiger partial charge in [0.25, 0.3) is 5.91 Å². The lowest BCUT2D eigenvalue weighted by Crippen LogP contribution is -2.21. The molecule has 21 heavy (non-hydrogen) atoms. The van der Waals surface area contributed by atoms with E-state index in [4.69, 9.17) is 10.00 Å². The second kappa shape index (κ2) is 6.16. The lowest BCUT2D eigenvalue weighted by molar-refractivity contribution is -0.385. The van der Waals surface area contributed by atoms with Crippen LogP contribution in [-0.2, 0) is 4.79 Å². The number of ether oxygens (including phenoxy) is 1. The first kappa shape index (κ1) is 14.0. The van der Waals surface area contributed by atoms with Crippen molar-refractivity contribution in [1.29, 1.82) is 5.26 Å². The topological polar surface area (TPSA) is 134 Å². The van der Waals surface area contributed by atoms with Crippen molar-refractivity contribution < 1.29 is 14.5 Å². The number of aromatic amines is 1. The molecule has 0 atom stereocenters. The number of carbonyl (C=O) groups is 1. The number of nitrogens with zero attached hydrogens (tertiary/aromatic N) is 3. The van der Waals surface area contributed by atoms with Gasteiger partial charge in [-0.3, -0.25) is 20.0 Å². The fraction of sp³-hybridized carbons (Fsp3) is 0.0833. The molecule has 0 saturated carbocycles. The number of rotatable bonds is 5. The zero-order chi connectivity index (χ0) is 15.2. The van der Waals surface area contributed by atoms with Gasteiger partial charge in [-0.05, 0) is 6.07 Å². The van der Waals surface area contributed by atoms with Crippen LogP contribution in [0, 0.1) is 21.4 Å². The number of carbonyl (C=O) groups excluding carboxylic acids is 1. The third kappa shape index (κ3) is 3.32. The number of benzene rings is 1. The number of anilines is 1. The Labute approximate surface area is 118 Å². The van der Waals surface area contributed by atoms with Crippen LogP contribution < -0.4 is 10.1 Å². The van der Waals surface area contributed by atoms with E-state index in [1.165, 1.54) is 24.4 Å². The lowest BCUT2D eigenvalue weighted by atomic mass is 10.3. The summed E-state index contributed by atoms with van der Waals surface area (Å²) in [6.07, 6.45) is 1.26. The summed E-state index contributed by atoms with van der Waals surface area (Å²) in [5.74, 6) is -0.440. The van der Waals surface area contributed by atoms with Crippen molar-refractivity contribution in [2.45, 2.75) is 0 Å². The van der Waals surface area contributed by atoms with Crippen LogP contribution in [0.25, 0.3) is 0 Å². The van der Waals surface area contributed by atoms with E-state index in [1.807, 2.05) is 6.07 Å². The molecule has 1 amide bonds. The minimum absolute atomic E-state index is 0.0113. The molecule has 1 aromatic heterocycles. The van der Waals surface area contributed by atoms with E-state index in [-0.39, 0.29) is 22.8 Å². The number of nitro benzene ring substituents is 1. The van der Waals surface area contributed by atoms with Gasteiger partial charge in [-0.15, -0.1) is 0 Å². The molecule has 0 aliphatic carbocycles. The van der Waals surface area contributed by atoms with Crippen molar-refractivity contribution >= 4 is 17.4 Å². The summed E-state index contributed by atoms with van der Waals surface area (Å²) < 4.78 is 5.11. The van der Waals surface area contributed by atoms with Crippen LogP contribution in [0.3, 0.4) is 0 Å². The molecule has 0 fully saturated rings. The quantitative estimate of drug-likeness (QED) is 0.627. The Morgan fingerprint density at radius 1 is 1.52 bits per heavy atom. The van der Waals surface area contributed by atoms with Crippen molar-refractivity contribution in [3.8, 4) is 11.8 Å². The highest BCUT2D eigenvalue weighted by Crippen LogP contribution is 2.25. The van der Waals surface area contributed by atoms with Crippen molar-refractivity contribution in [3.63, 3.8) is 0 Å². The van der Waals surface area contributed by atoms with Crippen LogP contribution in [0.4, 0.5) is 11.5 Å². The van der Waals surface area contributed by atoms with Gasteiger partial charge >= 0.3 is 5.69 Å². The normalized spacial score (nSPS) is 9.67. The smallest absolute Gasteiger partial charge is 0.310 e. The Bertz CT molecular complexity index is 718. The van der Waals surface area contributed by atoms with E-state index in [9.17, 15) is 14.9 Å². The van der Waals surface area contributed by atoms with Gasteiger partial charge in [-0.2, -0.15) is 10.4 Å². The van der Waals surface area contributed by atoms with Crippen LogP contribution >= 0.6 is 0 Å². The summed E-state index contributed by atoms with van der Waals surface area (Å²) in [6.45, 7) is -0.436. The summed E-state index contributed by atoms with van der Waals surface area (Å²) in [6, 6.07) is 7.56. The number of amides is 1. The largest absolute Gasteiger partial charge is 0.477 e. The monoisotopic (exact) mass is 287 g/mol. The number of hydrogen-bond acceptors (Lipinski definition) is 6. The number of aromatic nitrogens is 2. The molecule has 1 heterocycles. The van der Waals surface area contributed by atoms with E-state index in [0.717, 1.165) is 0 Å². The van der Waals surface area contributed by atoms with E-state index >= 15 is 0 Å². The van der Waals surface area contributed by atoms with Gasteiger partial charge < -0.3 is 10.1 Å². The van der Waals surface area contributed by atoms with Gasteiger partial charge in [0.1, 0.15) is 17.5 Å². The Morgan fingerprint density at radius 2 is 2.29 bits per heavy atom. The molecule has 9 heteroatoms. The van der Waals surface area contributed by atoms with E-state index in [2.05, 4.69) is 15.5 Å². The average molecular weight is 287 g/mol. The molecule has 0 unspecified atom stereocenters. The Kier molecular flexibility index (Phi) is 4.11. The standard InChI is InChI=1S/C12H9N5O4/c13-5-8-6-14-16-12(8)15-11(18)7-21-10-4-2-1-3-9(10)17(19)20/h1-4,6H,7H2,(H2,14,15,16,18). The number of nitriles is 1. The first-order valence-corrected chi connectivity index (χ1v) is 5.71. The highest BCUT2D eigenvalue weighted by atomic mass is 16.6. The number of para-hydroxylation sites is 2. The predicted octanol–water partition coefficient (Wildman–Crippen LogP) is 1.21. The molecule has 0 radical (unpaired) electrons. The number of H-pyrrole nitrogens is 1. The Balaban J connectivity index is 1.99. The van der Waals surface area contributed by atoms with E-state index < -0.39 is 17.4 Å². The molecule has 1 aromatic carbocycles. The van der Waals surface area contributed by atoms with Crippen LogP contribution in [0.1, 0.15) is 5.56 Å². The van der Waals surface area contributed by atoms with Crippen LogP contribution in [-0.4, -0.2) is 27.6 Å². The fourth-order valence-electron chi connectivity index (χ4n) is 1.52. The molecule has 0 spiro atoms. The van der Waals surface area contributed by atoms with Crippen LogP contribution in [0.15, 0.2) is 30.5 Å². The molecule has 0 saturated heterocycles. The Morgan fingerprint density at radius 3 is 3.00 bits per heavy atom. The van der Waals surface area contributed by atoms with Crippen molar-refractivity contribution in [2.75, 3.05) is 11.9 Å². The van der Waals surface area contributed by atoms with Gasteiger partial charge in [0.2, 0.25) is 0 Å². The maximum atomic E-state index is 11.7. The minimum atomic E-state index is -0.601. The van der Waals surface area contributed by atoms with E-state index in [1.54, 1.807) is 6.07 Å². The molecule has 0 bridgehead atoms. The number of nitrogens with one attached hydrogen (secondary N) is 2. The van der Waals surface area contributed by atoms with Crippen molar-refractivity contribution in [2.24, 2.45) is 0 Å². The number of hydrogen-bond donors (Lipinski definition) is 2. The molecule has 2 N–H and O–H groups in total. The zero-order valence-corrected chi connectivity index (χ0v) is 10.6. The third-order valence-electron chi connectivity index (χ3n) is 2.44.